The fourth-order valence-corrected chi connectivity index (χ4v) is 1.60. The third-order valence-electron chi connectivity index (χ3n) is 2.04. The van der Waals surface area contributed by atoms with Crippen molar-refractivity contribution in [3.05, 3.63) is 23.8 Å². The summed E-state index contributed by atoms with van der Waals surface area (Å²) >= 11 is 1.63. The fraction of sp³-hybridized carbons (Fsp3) is 0.400. The predicted molar refractivity (Wildman–Crippen MR) is 55.4 cm³/mol. The van der Waals surface area contributed by atoms with Crippen molar-refractivity contribution in [2.45, 2.75) is 17.7 Å². The molecule has 0 fully saturated rings. The lowest BCUT2D eigenvalue weighted by Gasteiger charge is -2.11. The highest BCUT2D eigenvalue weighted by Gasteiger charge is 2.09. The molecule has 0 aliphatic heterocycles. The largest absolute Gasteiger partial charge is 0.508 e. The molecule has 13 heavy (non-hydrogen) atoms. The van der Waals surface area contributed by atoms with Gasteiger partial charge in [-0.2, -0.15) is 0 Å². The van der Waals surface area contributed by atoms with Crippen LogP contribution in [-0.2, 0) is 0 Å². The molecule has 72 valence electrons. The van der Waals surface area contributed by atoms with Crippen LogP contribution in [0.15, 0.2) is 23.1 Å². The van der Waals surface area contributed by atoms with Crippen LogP contribution in [0.4, 0.5) is 0 Å². The lowest BCUT2D eigenvalue weighted by molar-refractivity contribution is 0.270. The van der Waals surface area contributed by atoms with Gasteiger partial charge in [0.1, 0.15) is 5.75 Å². The minimum atomic E-state index is -0.00731. The summed E-state index contributed by atoms with van der Waals surface area (Å²) in [5, 5.41) is 18.5. The second-order valence-electron chi connectivity index (χ2n) is 3.01. The number of rotatable bonds is 3. The number of aliphatic hydroxyl groups is 1. The molecule has 0 spiro atoms. The van der Waals surface area contributed by atoms with E-state index in [0.29, 0.717) is 0 Å². The molecular formula is C10H14O2S. The minimum Gasteiger partial charge on any atom is -0.508 e. The van der Waals surface area contributed by atoms with E-state index in [1.54, 1.807) is 17.8 Å². The monoisotopic (exact) mass is 198 g/mol. The predicted octanol–water partition coefficient (Wildman–Crippen LogP) is 2.21. The molecule has 0 heterocycles. The number of benzene rings is 1. The maximum atomic E-state index is 9.51. The third-order valence-corrected chi connectivity index (χ3v) is 2.76. The molecule has 0 aliphatic carbocycles. The average Bonchev–Trinajstić information content (AvgIpc) is 2.17. The first-order valence-corrected chi connectivity index (χ1v) is 5.39. The van der Waals surface area contributed by atoms with Crippen LogP contribution in [0.2, 0.25) is 0 Å². The van der Waals surface area contributed by atoms with Crippen LogP contribution in [0.5, 0.6) is 5.75 Å². The van der Waals surface area contributed by atoms with Gasteiger partial charge in [0.2, 0.25) is 0 Å². The van der Waals surface area contributed by atoms with E-state index < -0.39 is 0 Å². The second-order valence-corrected chi connectivity index (χ2v) is 3.89. The highest BCUT2D eigenvalue weighted by atomic mass is 32.2. The summed E-state index contributed by atoms with van der Waals surface area (Å²) in [6.45, 7) is 1.95. The molecule has 0 saturated heterocycles. The Morgan fingerprint density at radius 2 is 2.15 bits per heavy atom. The minimum absolute atomic E-state index is 0.00731. The van der Waals surface area contributed by atoms with Gasteiger partial charge in [-0.15, -0.1) is 11.8 Å². The van der Waals surface area contributed by atoms with Crippen molar-refractivity contribution in [2.75, 3.05) is 12.9 Å². The van der Waals surface area contributed by atoms with Crippen LogP contribution in [0.25, 0.3) is 0 Å². The quantitative estimate of drug-likeness (QED) is 0.732. The number of phenolic OH excluding ortho intramolecular Hbond substituents is 1. The first-order valence-electron chi connectivity index (χ1n) is 4.16. The zero-order chi connectivity index (χ0) is 9.84. The second kappa shape index (κ2) is 4.53. The van der Waals surface area contributed by atoms with Crippen molar-refractivity contribution in [1.82, 2.24) is 0 Å². The normalized spacial score (nSPS) is 12.8. The fourth-order valence-electron chi connectivity index (χ4n) is 1.15. The molecule has 1 aromatic carbocycles. The van der Waals surface area contributed by atoms with Crippen molar-refractivity contribution in [3.8, 4) is 5.75 Å². The number of thioether (sulfide) groups is 1. The molecule has 0 bridgehead atoms. The Bertz CT molecular complexity index is 286. The van der Waals surface area contributed by atoms with Crippen molar-refractivity contribution in [1.29, 1.82) is 0 Å². The molecular weight excluding hydrogens is 184 g/mol. The highest BCUT2D eigenvalue weighted by Crippen LogP contribution is 2.29. The van der Waals surface area contributed by atoms with Gasteiger partial charge in [0.25, 0.3) is 0 Å². The topological polar surface area (TPSA) is 40.5 Å². The maximum Gasteiger partial charge on any atom is 0.119 e. The van der Waals surface area contributed by atoms with E-state index in [1.165, 1.54) is 0 Å². The van der Waals surface area contributed by atoms with Crippen LogP contribution >= 0.6 is 11.8 Å². The Labute approximate surface area is 82.6 Å². The summed E-state index contributed by atoms with van der Waals surface area (Å²) in [7, 11) is 0. The Kier molecular flexibility index (Phi) is 3.63. The average molecular weight is 198 g/mol. The van der Waals surface area contributed by atoms with Crippen LogP contribution < -0.4 is 0 Å². The van der Waals surface area contributed by atoms with E-state index >= 15 is 0 Å². The molecule has 2 N–H and O–H groups in total. The summed E-state index contributed by atoms with van der Waals surface area (Å²) in [6, 6.07) is 5.46. The number of hydrogen-bond donors (Lipinski definition) is 2. The van der Waals surface area contributed by atoms with Gasteiger partial charge in [-0.05, 0) is 24.5 Å². The van der Waals surface area contributed by atoms with Crippen molar-refractivity contribution >= 4 is 11.8 Å². The van der Waals surface area contributed by atoms with Gasteiger partial charge in [0.05, 0.1) is 0 Å². The zero-order valence-electron chi connectivity index (χ0n) is 7.82. The molecule has 1 rings (SSSR count). The molecule has 3 heteroatoms. The first-order chi connectivity index (χ1) is 6.19. The van der Waals surface area contributed by atoms with E-state index in [1.807, 2.05) is 25.3 Å². The Balaban J connectivity index is 3.03. The third kappa shape index (κ3) is 2.39. The summed E-state index contributed by atoms with van der Waals surface area (Å²) in [4.78, 5) is 1.10. The molecule has 0 aliphatic rings. The number of aliphatic hydroxyl groups excluding tert-OH is 1. The van der Waals surface area contributed by atoms with Gasteiger partial charge in [0.15, 0.2) is 0 Å². The van der Waals surface area contributed by atoms with Crippen LogP contribution in [0, 0.1) is 0 Å². The molecule has 1 atom stereocenters. The highest BCUT2D eigenvalue weighted by molar-refractivity contribution is 7.98. The number of aromatic hydroxyl groups is 1. The number of phenols is 1. The van der Waals surface area contributed by atoms with Crippen molar-refractivity contribution in [2.24, 2.45) is 0 Å². The van der Waals surface area contributed by atoms with Gasteiger partial charge >= 0.3 is 0 Å². The summed E-state index contributed by atoms with van der Waals surface area (Å²) < 4.78 is 0. The summed E-state index contributed by atoms with van der Waals surface area (Å²) in [5.41, 5.74) is 0.814. The Hall–Kier alpha value is -0.670. The van der Waals surface area contributed by atoms with Crippen LogP contribution in [0.3, 0.4) is 0 Å². The number of hydrogen-bond acceptors (Lipinski definition) is 3. The van der Waals surface area contributed by atoms with Crippen molar-refractivity contribution < 1.29 is 10.2 Å². The molecule has 0 saturated carbocycles. The molecule has 0 aromatic heterocycles. The van der Waals surface area contributed by atoms with Crippen LogP contribution in [-0.4, -0.2) is 23.1 Å². The lowest BCUT2D eigenvalue weighted by Crippen LogP contribution is -1.99. The van der Waals surface area contributed by atoms with E-state index in [-0.39, 0.29) is 18.3 Å². The van der Waals surface area contributed by atoms with Gasteiger partial charge in [-0.1, -0.05) is 6.92 Å². The van der Waals surface area contributed by atoms with Crippen LogP contribution in [0.1, 0.15) is 18.4 Å². The summed E-state index contributed by atoms with van der Waals surface area (Å²) in [5.74, 6) is 0.256. The van der Waals surface area contributed by atoms with E-state index in [4.69, 9.17) is 5.11 Å². The smallest absolute Gasteiger partial charge is 0.119 e. The van der Waals surface area contributed by atoms with Gasteiger partial charge in [0, 0.05) is 23.0 Å². The Morgan fingerprint density at radius 1 is 1.46 bits per heavy atom. The Morgan fingerprint density at radius 3 is 2.69 bits per heavy atom. The first kappa shape index (κ1) is 10.4. The van der Waals surface area contributed by atoms with E-state index in [9.17, 15) is 5.11 Å². The van der Waals surface area contributed by atoms with Crippen molar-refractivity contribution in [3.63, 3.8) is 0 Å². The zero-order valence-corrected chi connectivity index (χ0v) is 8.64. The molecule has 1 aromatic rings. The van der Waals surface area contributed by atoms with Gasteiger partial charge < -0.3 is 10.2 Å². The van der Waals surface area contributed by atoms with E-state index in [2.05, 4.69) is 0 Å². The SMILES string of the molecule is CSc1ccc(O)c(C(C)CO)c1. The molecule has 0 amide bonds. The standard InChI is InChI=1S/C10H14O2S/c1-7(6-11)9-5-8(13-2)3-4-10(9)12/h3-5,7,11-12H,6H2,1-2H3. The summed E-state index contributed by atoms with van der Waals surface area (Å²) in [6.07, 6.45) is 1.99. The lowest BCUT2D eigenvalue weighted by atomic mass is 10.0. The molecule has 1 unspecified atom stereocenters. The van der Waals surface area contributed by atoms with Gasteiger partial charge in [-0.3, -0.25) is 0 Å². The van der Waals surface area contributed by atoms with Gasteiger partial charge in [-0.25, -0.2) is 0 Å². The molecule has 2 nitrogen and oxygen atoms in total. The maximum absolute atomic E-state index is 9.51. The van der Waals surface area contributed by atoms with E-state index in [0.717, 1.165) is 10.5 Å². The molecule has 0 radical (unpaired) electrons.